The maximum absolute atomic E-state index is 13.7. The van der Waals surface area contributed by atoms with Gasteiger partial charge in [0.15, 0.2) is 6.10 Å². The van der Waals surface area contributed by atoms with E-state index in [4.69, 9.17) is 14.2 Å². The minimum atomic E-state index is -1.59. The van der Waals surface area contributed by atoms with Crippen molar-refractivity contribution >= 4 is 34.5 Å². The van der Waals surface area contributed by atoms with E-state index in [1.54, 1.807) is 13.8 Å². The fourth-order valence-electron chi connectivity index (χ4n) is 5.43. The Morgan fingerprint density at radius 1 is 0.953 bits per heavy atom. The van der Waals surface area contributed by atoms with Crippen LogP contribution in [0.2, 0.25) is 0 Å². The molecular weight excluding hydrogens is 576 g/mol. The molecule has 3 aromatic carbocycles. The van der Waals surface area contributed by atoms with E-state index in [2.05, 4.69) is 0 Å². The van der Waals surface area contributed by atoms with Crippen LogP contribution < -0.4 is 0 Å². The maximum atomic E-state index is 13.7. The van der Waals surface area contributed by atoms with Crippen LogP contribution in [-0.2, 0) is 41.2 Å². The van der Waals surface area contributed by atoms with Crippen LogP contribution in [0.3, 0.4) is 0 Å². The number of hydrogen-bond acceptors (Lipinski definition) is 9. The van der Waals surface area contributed by atoms with E-state index >= 15 is 0 Å². The van der Waals surface area contributed by atoms with Crippen molar-refractivity contribution in [3.05, 3.63) is 112 Å². The molecule has 0 spiro atoms. The molecule has 4 atom stereocenters. The van der Waals surface area contributed by atoms with Crippen LogP contribution in [0.1, 0.15) is 43.1 Å². The van der Waals surface area contributed by atoms with Gasteiger partial charge in [0.05, 0.1) is 33.0 Å². The van der Waals surface area contributed by atoms with Crippen molar-refractivity contribution in [3.63, 3.8) is 0 Å². The van der Waals surface area contributed by atoms with Crippen molar-refractivity contribution in [2.24, 2.45) is 5.92 Å². The third kappa shape index (κ3) is 6.00. The van der Waals surface area contributed by atoms with E-state index in [0.717, 1.165) is 11.1 Å². The van der Waals surface area contributed by atoms with Gasteiger partial charge in [0.2, 0.25) is 5.91 Å². The molecular formula is C31H30N2O9S. The van der Waals surface area contributed by atoms with Crippen molar-refractivity contribution < 1.29 is 37.7 Å². The Morgan fingerprint density at radius 3 is 2.09 bits per heavy atom. The molecule has 0 radical (unpaired) electrons. The molecule has 0 N–H and O–H groups in total. The summed E-state index contributed by atoms with van der Waals surface area (Å²) in [5.74, 6) is -1.69. The number of esters is 1. The summed E-state index contributed by atoms with van der Waals surface area (Å²) < 4.78 is 28.7. The van der Waals surface area contributed by atoms with Gasteiger partial charge < -0.3 is 19.1 Å². The Morgan fingerprint density at radius 2 is 1.53 bits per heavy atom. The molecule has 1 unspecified atom stereocenters. The van der Waals surface area contributed by atoms with Crippen LogP contribution >= 0.6 is 0 Å². The highest BCUT2D eigenvalue weighted by Gasteiger charge is 2.67. The third-order valence-corrected chi connectivity index (χ3v) is 9.93. The van der Waals surface area contributed by atoms with Crippen molar-refractivity contribution in [2.75, 3.05) is 6.61 Å². The summed E-state index contributed by atoms with van der Waals surface area (Å²) in [7, 11) is -1.59. The van der Waals surface area contributed by atoms with E-state index < -0.39 is 56.0 Å². The van der Waals surface area contributed by atoms with Gasteiger partial charge in [-0.3, -0.25) is 19.1 Å². The number of nitro benzene ring substituents is 1. The molecule has 2 heterocycles. The summed E-state index contributed by atoms with van der Waals surface area (Å²) in [6.45, 7) is 3.06. The average molecular weight is 607 g/mol. The van der Waals surface area contributed by atoms with Gasteiger partial charge in [0.1, 0.15) is 18.0 Å². The number of non-ortho nitro benzene ring substituents is 1. The molecule has 3 aromatic rings. The quantitative estimate of drug-likeness (QED) is 0.139. The lowest BCUT2D eigenvalue weighted by Gasteiger charge is -2.43. The van der Waals surface area contributed by atoms with Crippen LogP contribution in [0.25, 0.3) is 0 Å². The second-order valence-electron chi connectivity index (χ2n) is 10.8. The summed E-state index contributed by atoms with van der Waals surface area (Å²) in [5, 5.41) is 10.0. The summed E-state index contributed by atoms with van der Waals surface area (Å²) in [4.78, 5) is 50.6. The van der Waals surface area contributed by atoms with E-state index in [1.807, 2.05) is 60.7 Å². The van der Waals surface area contributed by atoms with Gasteiger partial charge in [-0.25, -0.2) is 9.59 Å². The smallest absolute Gasteiger partial charge is 0.451 e. The predicted molar refractivity (Wildman–Crippen MR) is 155 cm³/mol. The molecule has 224 valence electrons. The van der Waals surface area contributed by atoms with Crippen LogP contribution in [0.4, 0.5) is 10.5 Å². The number of hydrogen-bond donors (Lipinski definition) is 0. The molecule has 0 aromatic heterocycles. The van der Waals surface area contributed by atoms with E-state index in [0.29, 0.717) is 5.56 Å². The summed E-state index contributed by atoms with van der Waals surface area (Å²) >= 11 is 0. The molecule has 2 saturated heterocycles. The van der Waals surface area contributed by atoms with Gasteiger partial charge in [0.25, 0.3) is 5.69 Å². The number of ether oxygens (including phenoxy) is 3. The maximum Gasteiger partial charge on any atom is 0.508 e. The van der Waals surface area contributed by atoms with Crippen LogP contribution in [-0.4, -0.2) is 54.8 Å². The molecule has 5 rings (SSSR count). The van der Waals surface area contributed by atoms with Gasteiger partial charge in [-0.2, -0.15) is 0 Å². The molecule has 2 fully saturated rings. The average Bonchev–Trinajstić information content (AvgIpc) is 3.20. The number of amides is 1. The zero-order valence-corrected chi connectivity index (χ0v) is 24.3. The number of benzene rings is 3. The molecule has 0 saturated carbocycles. The Kier molecular flexibility index (Phi) is 8.58. The largest absolute Gasteiger partial charge is 0.508 e. The standard InChI is InChI=1S/C31H30N2O9S/c1-31(2)26(29(35)42-25(21-9-5-3-6-10-21)22-11-7-4-8-12-22)32-27(34)24(28(32)43(31)39)17-18-40-30(36)41-19-20-13-15-23(16-14-20)33(37)38/h3-16,24-26,28H,17-19H2,1-2H3/t24-,26+,28-,43?/m1/s1. The van der Waals surface area contributed by atoms with Crippen LogP contribution in [0.5, 0.6) is 0 Å². The van der Waals surface area contributed by atoms with Crippen molar-refractivity contribution in [1.82, 2.24) is 4.90 Å². The lowest BCUT2D eigenvalue weighted by molar-refractivity contribution is -0.384. The Hall–Kier alpha value is -4.58. The molecule has 0 bridgehead atoms. The van der Waals surface area contributed by atoms with Crippen molar-refractivity contribution in [3.8, 4) is 0 Å². The van der Waals surface area contributed by atoms with Gasteiger partial charge in [-0.05, 0) is 49.1 Å². The first-order valence-electron chi connectivity index (χ1n) is 13.7. The van der Waals surface area contributed by atoms with Gasteiger partial charge in [-0.15, -0.1) is 0 Å². The highest BCUT2D eigenvalue weighted by atomic mass is 32.2. The Balaban J connectivity index is 1.19. The SMILES string of the molecule is CC1(C)[C@H](C(=O)OC(c2ccccc2)c2ccccc2)N2C(=O)[C@@H](CCOC(=O)OCc3ccc([N+](=O)[O-])cc3)[C@H]2S1=O. The number of nitrogens with zero attached hydrogens (tertiary/aromatic N) is 2. The number of rotatable bonds is 10. The fourth-order valence-corrected chi connectivity index (χ4v) is 7.46. The highest BCUT2D eigenvalue weighted by Crippen LogP contribution is 2.48. The Bertz CT molecular complexity index is 1490. The second-order valence-corrected chi connectivity index (χ2v) is 12.9. The van der Waals surface area contributed by atoms with Gasteiger partial charge in [0, 0.05) is 12.1 Å². The van der Waals surface area contributed by atoms with Crippen LogP contribution in [0, 0.1) is 16.0 Å². The molecule has 43 heavy (non-hydrogen) atoms. The van der Waals surface area contributed by atoms with Gasteiger partial charge >= 0.3 is 12.1 Å². The zero-order valence-electron chi connectivity index (χ0n) is 23.5. The molecule has 0 aliphatic carbocycles. The zero-order chi connectivity index (χ0) is 30.7. The monoisotopic (exact) mass is 606 g/mol. The number of β-lactam (4-membered cyclic amide) rings is 1. The summed E-state index contributed by atoms with van der Waals surface area (Å²) in [6, 6.07) is 23.0. The first-order valence-corrected chi connectivity index (χ1v) is 14.9. The van der Waals surface area contributed by atoms with E-state index in [9.17, 15) is 28.7 Å². The fraction of sp³-hybridized carbons (Fsp3) is 0.323. The number of carbonyl (C=O) groups is 3. The first kappa shape index (κ1) is 29.9. The number of carbonyl (C=O) groups excluding carboxylic acids is 3. The third-order valence-electron chi connectivity index (χ3n) is 7.68. The summed E-state index contributed by atoms with van der Waals surface area (Å²) in [5.41, 5.74) is 1.98. The van der Waals surface area contributed by atoms with E-state index in [1.165, 1.54) is 29.2 Å². The summed E-state index contributed by atoms with van der Waals surface area (Å²) in [6.07, 6.45) is -1.58. The lowest BCUT2D eigenvalue weighted by Crippen LogP contribution is -2.63. The highest BCUT2D eigenvalue weighted by molar-refractivity contribution is 7.87. The molecule has 12 heteroatoms. The second kappa shape index (κ2) is 12.3. The predicted octanol–water partition coefficient (Wildman–Crippen LogP) is 4.66. The minimum Gasteiger partial charge on any atom is -0.451 e. The normalized spacial score (nSPS) is 21.9. The number of nitro groups is 1. The molecule has 1 amide bonds. The lowest BCUT2D eigenvalue weighted by atomic mass is 9.89. The Labute approximate surface area is 250 Å². The van der Waals surface area contributed by atoms with Gasteiger partial charge in [-0.1, -0.05) is 60.7 Å². The van der Waals surface area contributed by atoms with Crippen molar-refractivity contribution in [2.45, 2.75) is 49.1 Å². The van der Waals surface area contributed by atoms with Crippen molar-refractivity contribution in [1.29, 1.82) is 0 Å². The first-order chi connectivity index (χ1) is 20.6. The molecule has 11 nitrogen and oxygen atoms in total. The molecule has 2 aliphatic heterocycles. The minimum absolute atomic E-state index is 0.0827. The molecule has 2 aliphatic rings. The number of fused-ring (bicyclic) bond motifs is 1. The van der Waals surface area contributed by atoms with E-state index in [-0.39, 0.29) is 31.2 Å². The topological polar surface area (TPSA) is 142 Å². The van der Waals surface area contributed by atoms with Crippen LogP contribution in [0.15, 0.2) is 84.9 Å².